The Morgan fingerprint density at radius 1 is 1.47 bits per heavy atom. The molecule has 0 aliphatic carbocycles. The molecular formula is C12H11F2NO2. The zero-order valence-electron chi connectivity index (χ0n) is 9.17. The molecule has 1 amide bonds. The smallest absolute Gasteiger partial charge is 0.387 e. The maximum absolute atomic E-state index is 12.1. The zero-order chi connectivity index (χ0) is 12.7. The summed E-state index contributed by atoms with van der Waals surface area (Å²) >= 11 is 0. The molecule has 3 nitrogen and oxygen atoms in total. The summed E-state index contributed by atoms with van der Waals surface area (Å²) in [7, 11) is 0. The summed E-state index contributed by atoms with van der Waals surface area (Å²) in [5, 5.41) is 2.47. The largest absolute Gasteiger partial charge is 0.434 e. The van der Waals surface area contributed by atoms with Crippen LogP contribution in [-0.2, 0) is 4.79 Å². The number of para-hydroxylation sites is 1. The van der Waals surface area contributed by atoms with Gasteiger partial charge in [-0.25, -0.2) is 0 Å². The number of hydrogen-bond acceptors (Lipinski definition) is 2. The summed E-state index contributed by atoms with van der Waals surface area (Å²) in [6.45, 7) is -1.35. The first-order chi connectivity index (χ1) is 8.09. The van der Waals surface area contributed by atoms with Crippen molar-refractivity contribution in [2.75, 3.05) is 6.54 Å². The minimum atomic E-state index is -2.88. The molecule has 0 aliphatic heterocycles. The van der Waals surface area contributed by atoms with Crippen molar-refractivity contribution in [2.24, 2.45) is 0 Å². The van der Waals surface area contributed by atoms with Gasteiger partial charge in [0.15, 0.2) is 0 Å². The molecule has 5 heteroatoms. The minimum Gasteiger partial charge on any atom is -0.434 e. The van der Waals surface area contributed by atoms with Gasteiger partial charge in [0.25, 0.3) is 0 Å². The summed E-state index contributed by atoms with van der Waals surface area (Å²) < 4.78 is 28.4. The van der Waals surface area contributed by atoms with Gasteiger partial charge in [-0.3, -0.25) is 4.79 Å². The van der Waals surface area contributed by atoms with Crippen LogP contribution < -0.4 is 10.1 Å². The van der Waals surface area contributed by atoms with Crippen molar-refractivity contribution in [1.29, 1.82) is 0 Å². The molecule has 17 heavy (non-hydrogen) atoms. The SMILES string of the molecule is CC(=O)NCC#Cc1ccccc1OC(F)F. The number of alkyl halides is 2. The number of halogens is 2. The fourth-order valence-electron chi connectivity index (χ4n) is 1.08. The summed E-state index contributed by atoms with van der Waals surface area (Å²) in [6.07, 6.45) is 0. The van der Waals surface area contributed by atoms with Crippen LogP contribution in [0.1, 0.15) is 12.5 Å². The van der Waals surface area contributed by atoms with Crippen LogP contribution in [0, 0.1) is 11.8 Å². The Hall–Kier alpha value is -2.09. The molecule has 0 radical (unpaired) electrons. The average Bonchev–Trinajstić information content (AvgIpc) is 2.25. The van der Waals surface area contributed by atoms with E-state index in [4.69, 9.17) is 0 Å². The van der Waals surface area contributed by atoms with Gasteiger partial charge in [0.05, 0.1) is 12.1 Å². The summed E-state index contributed by atoms with van der Waals surface area (Å²) in [5.74, 6) is 5.12. The maximum Gasteiger partial charge on any atom is 0.387 e. The van der Waals surface area contributed by atoms with Crippen LogP contribution in [-0.4, -0.2) is 19.1 Å². The van der Waals surface area contributed by atoms with Crippen molar-refractivity contribution in [3.8, 4) is 17.6 Å². The number of ether oxygens (including phenoxy) is 1. The molecule has 0 aliphatic rings. The number of hydrogen-bond donors (Lipinski definition) is 1. The van der Waals surface area contributed by atoms with Crippen LogP contribution in [0.4, 0.5) is 8.78 Å². The summed E-state index contributed by atoms with van der Waals surface area (Å²) in [4.78, 5) is 10.6. The first-order valence-corrected chi connectivity index (χ1v) is 4.86. The monoisotopic (exact) mass is 239 g/mol. The highest BCUT2D eigenvalue weighted by atomic mass is 19.3. The van der Waals surface area contributed by atoms with Crippen LogP contribution in [0.3, 0.4) is 0 Å². The van der Waals surface area contributed by atoms with Gasteiger partial charge in [-0.05, 0) is 12.1 Å². The fraction of sp³-hybridized carbons (Fsp3) is 0.250. The second-order valence-electron chi connectivity index (χ2n) is 3.09. The van der Waals surface area contributed by atoms with E-state index >= 15 is 0 Å². The van der Waals surface area contributed by atoms with Crippen LogP contribution >= 0.6 is 0 Å². The Morgan fingerprint density at radius 3 is 2.82 bits per heavy atom. The first-order valence-electron chi connectivity index (χ1n) is 4.86. The lowest BCUT2D eigenvalue weighted by Gasteiger charge is -2.05. The molecule has 0 aromatic heterocycles. The van der Waals surface area contributed by atoms with E-state index in [1.165, 1.54) is 13.0 Å². The molecule has 0 bridgehead atoms. The second-order valence-corrected chi connectivity index (χ2v) is 3.09. The number of amides is 1. The second kappa shape index (κ2) is 6.48. The highest BCUT2D eigenvalue weighted by Crippen LogP contribution is 2.18. The molecular weight excluding hydrogens is 228 g/mol. The first kappa shape index (κ1) is 13.0. The van der Waals surface area contributed by atoms with E-state index < -0.39 is 6.61 Å². The third-order valence-electron chi connectivity index (χ3n) is 1.75. The van der Waals surface area contributed by atoms with E-state index in [9.17, 15) is 13.6 Å². The highest BCUT2D eigenvalue weighted by molar-refractivity contribution is 5.73. The molecule has 1 N–H and O–H groups in total. The lowest BCUT2D eigenvalue weighted by atomic mass is 10.2. The average molecular weight is 239 g/mol. The molecule has 0 unspecified atom stereocenters. The normalized spacial score (nSPS) is 9.41. The fourth-order valence-corrected chi connectivity index (χ4v) is 1.08. The lowest BCUT2D eigenvalue weighted by molar-refractivity contribution is -0.118. The molecule has 0 spiro atoms. The van der Waals surface area contributed by atoms with Crippen LogP contribution in [0.25, 0.3) is 0 Å². The molecule has 0 saturated carbocycles. The third-order valence-corrected chi connectivity index (χ3v) is 1.75. The molecule has 0 heterocycles. The van der Waals surface area contributed by atoms with E-state index in [-0.39, 0.29) is 18.2 Å². The Bertz CT molecular complexity index is 449. The Kier molecular flexibility index (Phi) is 4.95. The van der Waals surface area contributed by atoms with Crippen LogP contribution in [0.5, 0.6) is 5.75 Å². The minimum absolute atomic E-state index is 0.0258. The van der Waals surface area contributed by atoms with Crippen molar-refractivity contribution in [3.05, 3.63) is 29.8 Å². The van der Waals surface area contributed by atoms with E-state index in [0.29, 0.717) is 5.56 Å². The molecule has 1 aromatic rings. The van der Waals surface area contributed by atoms with Crippen molar-refractivity contribution in [2.45, 2.75) is 13.5 Å². The van der Waals surface area contributed by atoms with Gasteiger partial charge in [-0.1, -0.05) is 24.0 Å². The topological polar surface area (TPSA) is 38.3 Å². The summed E-state index contributed by atoms with van der Waals surface area (Å²) in [5.41, 5.74) is 0.359. The zero-order valence-corrected chi connectivity index (χ0v) is 9.17. The van der Waals surface area contributed by atoms with E-state index in [1.54, 1.807) is 18.2 Å². The van der Waals surface area contributed by atoms with E-state index in [0.717, 1.165) is 0 Å². The van der Waals surface area contributed by atoms with Gasteiger partial charge in [0, 0.05) is 6.92 Å². The molecule has 0 fully saturated rings. The van der Waals surface area contributed by atoms with Crippen LogP contribution in [0.2, 0.25) is 0 Å². The standard InChI is InChI=1S/C12H11F2NO2/c1-9(16)15-8-4-6-10-5-2-3-7-11(10)17-12(13)14/h2-3,5,7,12H,8H2,1H3,(H,15,16). The van der Waals surface area contributed by atoms with Crippen molar-refractivity contribution in [3.63, 3.8) is 0 Å². The number of nitrogens with one attached hydrogen (secondary N) is 1. The van der Waals surface area contributed by atoms with Crippen molar-refractivity contribution in [1.82, 2.24) is 5.32 Å². The maximum atomic E-state index is 12.1. The molecule has 1 aromatic carbocycles. The Labute approximate surface area is 97.8 Å². The van der Waals surface area contributed by atoms with Crippen molar-refractivity contribution < 1.29 is 18.3 Å². The predicted octanol–water partition coefficient (Wildman–Crippen LogP) is 1.78. The number of rotatable bonds is 3. The van der Waals surface area contributed by atoms with Gasteiger partial charge in [0.1, 0.15) is 5.75 Å². The van der Waals surface area contributed by atoms with Gasteiger partial charge in [0.2, 0.25) is 5.91 Å². The highest BCUT2D eigenvalue weighted by Gasteiger charge is 2.06. The quantitative estimate of drug-likeness (QED) is 0.816. The van der Waals surface area contributed by atoms with Gasteiger partial charge in [-0.15, -0.1) is 0 Å². The van der Waals surface area contributed by atoms with Gasteiger partial charge in [-0.2, -0.15) is 8.78 Å². The predicted molar refractivity (Wildman–Crippen MR) is 58.6 cm³/mol. The van der Waals surface area contributed by atoms with Gasteiger partial charge < -0.3 is 10.1 Å². The van der Waals surface area contributed by atoms with Gasteiger partial charge >= 0.3 is 6.61 Å². The number of benzene rings is 1. The Balaban J connectivity index is 2.72. The number of carbonyl (C=O) groups is 1. The van der Waals surface area contributed by atoms with Crippen LogP contribution in [0.15, 0.2) is 24.3 Å². The molecule has 0 atom stereocenters. The van der Waals surface area contributed by atoms with E-state index in [1.807, 2.05) is 0 Å². The molecule has 1 rings (SSSR count). The summed E-state index contributed by atoms with van der Waals surface area (Å²) in [6, 6.07) is 6.23. The Morgan fingerprint density at radius 2 is 2.18 bits per heavy atom. The van der Waals surface area contributed by atoms with E-state index in [2.05, 4.69) is 21.9 Å². The number of carbonyl (C=O) groups excluding carboxylic acids is 1. The third kappa shape index (κ3) is 4.98. The molecule has 0 saturated heterocycles. The lowest BCUT2D eigenvalue weighted by Crippen LogP contribution is -2.19. The van der Waals surface area contributed by atoms with Crippen molar-refractivity contribution >= 4 is 5.91 Å². The molecule has 90 valence electrons.